The smallest absolute Gasteiger partial charge is 0.335 e. The number of nitrogens with one attached hydrogen (secondary N) is 1. The summed E-state index contributed by atoms with van der Waals surface area (Å²) in [4.78, 5) is 19.4. The van der Waals surface area contributed by atoms with E-state index in [-0.39, 0.29) is 5.56 Å². The van der Waals surface area contributed by atoms with Crippen molar-refractivity contribution in [1.29, 1.82) is 0 Å². The molecule has 0 amide bonds. The minimum atomic E-state index is -0.944. The molecule has 5 heteroatoms. The van der Waals surface area contributed by atoms with Crippen molar-refractivity contribution in [3.05, 3.63) is 66.1 Å². The standard InChI is InChI=1S/C16H13N3O2/c20-16(21)13-2-1-12-5-8-18-15(14(12)9-13)19-10-11-3-6-17-7-4-11/h1-9H,10H2,(H,18,19)(H,20,21). The van der Waals surface area contributed by atoms with E-state index in [1.54, 1.807) is 36.8 Å². The quantitative estimate of drug-likeness (QED) is 0.768. The molecule has 104 valence electrons. The zero-order chi connectivity index (χ0) is 14.7. The Kier molecular flexibility index (Phi) is 3.47. The number of fused-ring (bicyclic) bond motifs is 1. The van der Waals surface area contributed by atoms with Crippen LogP contribution < -0.4 is 5.32 Å². The first-order valence-electron chi connectivity index (χ1n) is 6.49. The van der Waals surface area contributed by atoms with Crippen molar-refractivity contribution in [3.8, 4) is 0 Å². The molecule has 0 saturated carbocycles. The average molecular weight is 279 g/mol. The molecule has 0 spiro atoms. The summed E-state index contributed by atoms with van der Waals surface area (Å²) in [7, 11) is 0. The van der Waals surface area contributed by atoms with Gasteiger partial charge >= 0.3 is 5.97 Å². The fourth-order valence-corrected chi connectivity index (χ4v) is 2.13. The number of carbonyl (C=O) groups is 1. The summed E-state index contributed by atoms with van der Waals surface area (Å²) in [5.74, 6) is -0.270. The van der Waals surface area contributed by atoms with Crippen LogP contribution in [0.15, 0.2) is 55.0 Å². The molecular formula is C16H13N3O2. The topological polar surface area (TPSA) is 75.1 Å². The first-order chi connectivity index (χ1) is 10.2. The molecule has 0 radical (unpaired) electrons. The summed E-state index contributed by atoms with van der Waals surface area (Å²) >= 11 is 0. The van der Waals surface area contributed by atoms with Gasteiger partial charge < -0.3 is 10.4 Å². The van der Waals surface area contributed by atoms with Gasteiger partial charge in [-0.3, -0.25) is 4.98 Å². The van der Waals surface area contributed by atoms with Crippen molar-refractivity contribution in [2.75, 3.05) is 5.32 Å². The van der Waals surface area contributed by atoms with Gasteiger partial charge in [0.2, 0.25) is 0 Å². The molecule has 0 bridgehead atoms. The van der Waals surface area contributed by atoms with Gasteiger partial charge in [-0.25, -0.2) is 9.78 Å². The molecule has 5 nitrogen and oxygen atoms in total. The van der Waals surface area contributed by atoms with Crippen molar-refractivity contribution in [2.24, 2.45) is 0 Å². The number of pyridine rings is 2. The number of hydrogen-bond donors (Lipinski definition) is 2. The summed E-state index contributed by atoms with van der Waals surface area (Å²) in [5, 5.41) is 14.1. The minimum Gasteiger partial charge on any atom is -0.478 e. The molecule has 2 heterocycles. The molecule has 0 fully saturated rings. The summed E-state index contributed by atoms with van der Waals surface area (Å²) < 4.78 is 0. The van der Waals surface area contributed by atoms with E-state index in [0.717, 1.165) is 16.3 Å². The number of carboxylic acid groups (broad SMARTS) is 1. The third kappa shape index (κ3) is 2.81. The SMILES string of the molecule is O=C(O)c1ccc2ccnc(NCc3ccncc3)c2c1. The van der Waals surface area contributed by atoms with Gasteiger partial charge in [-0.1, -0.05) is 6.07 Å². The van der Waals surface area contributed by atoms with E-state index in [9.17, 15) is 4.79 Å². The van der Waals surface area contributed by atoms with Gasteiger partial charge in [0.1, 0.15) is 5.82 Å². The van der Waals surface area contributed by atoms with E-state index in [1.807, 2.05) is 18.2 Å². The van der Waals surface area contributed by atoms with Gasteiger partial charge in [-0.15, -0.1) is 0 Å². The number of aromatic carboxylic acids is 1. The summed E-state index contributed by atoms with van der Waals surface area (Å²) in [6.45, 7) is 0.603. The molecule has 0 atom stereocenters. The van der Waals surface area contributed by atoms with E-state index in [4.69, 9.17) is 5.11 Å². The van der Waals surface area contributed by atoms with E-state index in [0.29, 0.717) is 12.4 Å². The summed E-state index contributed by atoms with van der Waals surface area (Å²) in [6, 6.07) is 10.7. The van der Waals surface area contributed by atoms with E-state index in [1.165, 1.54) is 0 Å². The number of aromatic nitrogens is 2. The predicted molar refractivity (Wildman–Crippen MR) is 80.3 cm³/mol. The van der Waals surface area contributed by atoms with Crippen LogP contribution in [0.25, 0.3) is 10.8 Å². The zero-order valence-corrected chi connectivity index (χ0v) is 11.2. The van der Waals surface area contributed by atoms with Gasteiger partial charge in [0.25, 0.3) is 0 Å². The molecule has 0 aliphatic carbocycles. The first-order valence-corrected chi connectivity index (χ1v) is 6.49. The van der Waals surface area contributed by atoms with Crippen molar-refractivity contribution < 1.29 is 9.90 Å². The second-order valence-corrected chi connectivity index (χ2v) is 4.61. The maximum atomic E-state index is 11.1. The van der Waals surface area contributed by atoms with Gasteiger partial charge in [-0.05, 0) is 41.3 Å². The van der Waals surface area contributed by atoms with Crippen molar-refractivity contribution >= 4 is 22.6 Å². The van der Waals surface area contributed by atoms with Crippen LogP contribution in [0.4, 0.5) is 5.82 Å². The fraction of sp³-hybridized carbons (Fsp3) is 0.0625. The Bertz CT molecular complexity index is 788. The van der Waals surface area contributed by atoms with Crippen LogP contribution in [-0.4, -0.2) is 21.0 Å². The lowest BCUT2D eigenvalue weighted by atomic mass is 10.1. The Hall–Kier alpha value is -2.95. The van der Waals surface area contributed by atoms with E-state index < -0.39 is 5.97 Å². The highest BCUT2D eigenvalue weighted by molar-refractivity contribution is 5.98. The monoisotopic (exact) mass is 279 g/mol. The maximum Gasteiger partial charge on any atom is 0.335 e. The van der Waals surface area contributed by atoms with Crippen LogP contribution in [0.2, 0.25) is 0 Å². The zero-order valence-electron chi connectivity index (χ0n) is 11.2. The van der Waals surface area contributed by atoms with Crippen molar-refractivity contribution in [3.63, 3.8) is 0 Å². The maximum absolute atomic E-state index is 11.1. The largest absolute Gasteiger partial charge is 0.478 e. The highest BCUT2D eigenvalue weighted by atomic mass is 16.4. The van der Waals surface area contributed by atoms with Gasteiger partial charge in [0.15, 0.2) is 0 Å². The molecule has 3 aromatic rings. The summed E-state index contributed by atoms with van der Waals surface area (Å²) in [5.41, 5.74) is 1.33. The predicted octanol–water partition coefficient (Wildman–Crippen LogP) is 2.94. The molecule has 0 aliphatic rings. The number of nitrogens with zero attached hydrogens (tertiary/aromatic N) is 2. The van der Waals surface area contributed by atoms with Gasteiger partial charge in [-0.2, -0.15) is 0 Å². The lowest BCUT2D eigenvalue weighted by molar-refractivity contribution is 0.0697. The van der Waals surface area contributed by atoms with Crippen LogP contribution in [0.3, 0.4) is 0 Å². The molecule has 0 saturated heterocycles. The lowest BCUT2D eigenvalue weighted by Crippen LogP contribution is -2.03. The van der Waals surface area contributed by atoms with Crippen LogP contribution in [-0.2, 0) is 6.54 Å². The average Bonchev–Trinajstić information content (AvgIpc) is 2.53. The molecular weight excluding hydrogens is 266 g/mol. The van der Waals surface area contributed by atoms with Crippen LogP contribution in [0.1, 0.15) is 15.9 Å². The second-order valence-electron chi connectivity index (χ2n) is 4.61. The summed E-state index contributed by atoms with van der Waals surface area (Å²) in [6.07, 6.45) is 5.17. The molecule has 1 aromatic carbocycles. The van der Waals surface area contributed by atoms with Crippen LogP contribution in [0.5, 0.6) is 0 Å². The Morgan fingerprint density at radius 2 is 1.90 bits per heavy atom. The number of anilines is 1. The number of hydrogen-bond acceptors (Lipinski definition) is 4. The van der Waals surface area contributed by atoms with Crippen molar-refractivity contribution in [2.45, 2.75) is 6.54 Å². The minimum absolute atomic E-state index is 0.252. The second kappa shape index (κ2) is 5.58. The molecule has 3 rings (SSSR count). The third-order valence-corrected chi connectivity index (χ3v) is 3.22. The molecule has 0 aliphatic heterocycles. The van der Waals surface area contributed by atoms with E-state index >= 15 is 0 Å². The third-order valence-electron chi connectivity index (χ3n) is 3.22. The lowest BCUT2D eigenvalue weighted by Gasteiger charge is -2.09. The Balaban J connectivity index is 1.94. The Labute approximate surface area is 121 Å². The highest BCUT2D eigenvalue weighted by Gasteiger charge is 2.07. The van der Waals surface area contributed by atoms with Gasteiger partial charge in [0.05, 0.1) is 5.56 Å². The fourth-order valence-electron chi connectivity index (χ4n) is 2.13. The molecule has 2 aromatic heterocycles. The van der Waals surface area contributed by atoms with Crippen LogP contribution in [0, 0.1) is 0 Å². The van der Waals surface area contributed by atoms with Gasteiger partial charge in [0, 0.05) is 30.5 Å². The number of benzene rings is 1. The Morgan fingerprint density at radius 1 is 1.10 bits per heavy atom. The van der Waals surface area contributed by atoms with Crippen LogP contribution >= 0.6 is 0 Å². The van der Waals surface area contributed by atoms with Crippen molar-refractivity contribution in [1.82, 2.24) is 9.97 Å². The normalized spacial score (nSPS) is 10.5. The number of rotatable bonds is 4. The molecule has 0 unspecified atom stereocenters. The van der Waals surface area contributed by atoms with E-state index in [2.05, 4.69) is 15.3 Å². The highest BCUT2D eigenvalue weighted by Crippen LogP contribution is 2.23. The first kappa shape index (κ1) is 13.1. The number of carboxylic acids is 1. The Morgan fingerprint density at radius 3 is 2.67 bits per heavy atom. The molecule has 2 N–H and O–H groups in total. The molecule has 21 heavy (non-hydrogen) atoms.